The van der Waals surface area contributed by atoms with Gasteiger partial charge < -0.3 is 10.1 Å². The van der Waals surface area contributed by atoms with Gasteiger partial charge >= 0.3 is 0 Å². The highest BCUT2D eigenvalue weighted by Gasteiger charge is 2.34. The monoisotopic (exact) mass is 285 g/mol. The van der Waals surface area contributed by atoms with Crippen LogP contribution < -0.4 is 10.1 Å². The molecule has 0 saturated heterocycles. The molecule has 3 rings (SSSR count). The molecule has 1 aromatic carbocycles. The predicted octanol–water partition coefficient (Wildman–Crippen LogP) is 2.31. The summed E-state index contributed by atoms with van der Waals surface area (Å²) in [7, 11) is 0. The summed E-state index contributed by atoms with van der Waals surface area (Å²) in [4.78, 5) is 12.1. The highest BCUT2D eigenvalue weighted by molar-refractivity contribution is 5.85. The number of hydrogen-bond acceptors (Lipinski definition) is 3. The van der Waals surface area contributed by atoms with Gasteiger partial charge in [0, 0.05) is 18.3 Å². The van der Waals surface area contributed by atoms with Crippen LogP contribution in [-0.4, -0.2) is 27.3 Å². The lowest BCUT2D eigenvalue weighted by Crippen LogP contribution is -2.47. The van der Waals surface area contributed by atoms with E-state index in [9.17, 15) is 4.79 Å². The van der Waals surface area contributed by atoms with Crippen molar-refractivity contribution in [1.82, 2.24) is 15.1 Å². The van der Waals surface area contributed by atoms with E-state index in [0.717, 1.165) is 18.5 Å². The van der Waals surface area contributed by atoms with Gasteiger partial charge in [-0.15, -0.1) is 5.10 Å². The molecule has 0 spiro atoms. The summed E-state index contributed by atoms with van der Waals surface area (Å²) in [5, 5.41) is 7.31. The molecule has 2 aromatic rings. The molecular weight excluding hydrogens is 266 g/mol. The van der Waals surface area contributed by atoms with E-state index in [0.29, 0.717) is 11.9 Å². The molecule has 0 radical (unpaired) electrons. The Morgan fingerprint density at radius 1 is 1.29 bits per heavy atom. The van der Waals surface area contributed by atoms with Crippen molar-refractivity contribution in [2.24, 2.45) is 0 Å². The second kappa shape index (κ2) is 5.24. The number of nitrogens with zero attached hydrogens (tertiary/aromatic N) is 2. The van der Waals surface area contributed by atoms with Gasteiger partial charge in [-0.3, -0.25) is 4.79 Å². The number of carbonyl (C=O) groups excluding carboxylic acids is 1. The Hall–Kier alpha value is -2.30. The molecule has 1 aromatic heterocycles. The number of aromatic nitrogens is 2. The molecule has 0 aliphatic heterocycles. The molecule has 5 nitrogen and oxygen atoms in total. The van der Waals surface area contributed by atoms with E-state index in [1.165, 1.54) is 0 Å². The Balaban J connectivity index is 1.70. The van der Waals surface area contributed by atoms with Gasteiger partial charge in [-0.25, -0.2) is 4.68 Å². The van der Waals surface area contributed by atoms with Crippen molar-refractivity contribution in [3.8, 4) is 11.6 Å². The number of carbonyl (C=O) groups is 1. The van der Waals surface area contributed by atoms with Gasteiger partial charge in [-0.2, -0.15) is 0 Å². The molecule has 1 aliphatic carbocycles. The summed E-state index contributed by atoms with van der Waals surface area (Å²) in [6.45, 7) is 3.51. The van der Waals surface area contributed by atoms with E-state index >= 15 is 0 Å². The maximum absolute atomic E-state index is 12.1. The van der Waals surface area contributed by atoms with Crippen LogP contribution >= 0.6 is 0 Å². The van der Waals surface area contributed by atoms with Crippen molar-refractivity contribution < 1.29 is 9.53 Å². The molecule has 1 N–H and O–H groups in total. The predicted molar refractivity (Wildman–Crippen MR) is 79.4 cm³/mol. The molecular formula is C16H19N3O2. The van der Waals surface area contributed by atoms with Crippen molar-refractivity contribution in [3.05, 3.63) is 42.6 Å². The van der Waals surface area contributed by atoms with Crippen LogP contribution in [0.15, 0.2) is 42.6 Å². The summed E-state index contributed by atoms with van der Waals surface area (Å²) < 4.78 is 7.48. The Bertz CT molecular complexity index is 630. The first-order valence-electron chi connectivity index (χ1n) is 7.16. The SMILES string of the molecule is CC(C)(Oc1ccn(-c2ccccc2)n1)C(=O)NC1CC1. The number of nitrogens with one attached hydrogen (secondary N) is 1. The van der Waals surface area contributed by atoms with Gasteiger partial charge in [-0.1, -0.05) is 18.2 Å². The largest absolute Gasteiger partial charge is 0.460 e. The number of hydrogen-bond donors (Lipinski definition) is 1. The zero-order chi connectivity index (χ0) is 14.9. The van der Waals surface area contributed by atoms with Crippen LogP contribution in [0.3, 0.4) is 0 Å². The minimum Gasteiger partial charge on any atom is -0.460 e. The smallest absolute Gasteiger partial charge is 0.263 e. The highest BCUT2D eigenvalue weighted by Crippen LogP contribution is 2.22. The summed E-state index contributed by atoms with van der Waals surface area (Å²) in [5.41, 5.74) is 0.0194. The molecule has 110 valence electrons. The second-order valence-electron chi connectivity index (χ2n) is 5.79. The van der Waals surface area contributed by atoms with Crippen LogP contribution in [0, 0.1) is 0 Å². The van der Waals surface area contributed by atoms with Crippen molar-refractivity contribution in [3.63, 3.8) is 0 Å². The molecule has 1 amide bonds. The van der Waals surface area contributed by atoms with E-state index in [1.54, 1.807) is 24.6 Å². The Labute approximate surface area is 123 Å². The first-order valence-corrected chi connectivity index (χ1v) is 7.16. The van der Waals surface area contributed by atoms with Gasteiger partial charge in [-0.05, 0) is 38.8 Å². The van der Waals surface area contributed by atoms with Crippen molar-refractivity contribution in [1.29, 1.82) is 0 Å². The van der Waals surface area contributed by atoms with Crippen molar-refractivity contribution in [2.45, 2.75) is 38.3 Å². The summed E-state index contributed by atoms with van der Waals surface area (Å²) in [6.07, 6.45) is 3.94. The maximum atomic E-state index is 12.1. The van der Waals surface area contributed by atoms with Crippen LogP contribution in [0.25, 0.3) is 5.69 Å². The first-order chi connectivity index (χ1) is 10.0. The average molecular weight is 285 g/mol. The van der Waals surface area contributed by atoms with Crippen LogP contribution in [-0.2, 0) is 4.79 Å². The fourth-order valence-corrected chi connectivity index (χ4v) is 1.98. The Morgan fingerprint density at radius 2 is 2.00 bits per heavy atom. The van der Waals surface area contributed by atoms with Crippen LogP contribution in [0.4, 0.5) is 0 Å². The van der Waals surface area contributed by atoms with E-state index < -0.39 is 5.60 Å². The number of amides is 1. The highest BCUT2D eigenvalue weighted by atomic mass is 16.5. The van der Waals surface area contributed by atoms with Crippen LogP contribution in [0.1, 0.15) is 26.7 Å². The third kappa shape index (κ3) is 3.24. The Kier molecular flexibility index (Phi) is 3.41. The maximum Gasteiger partial charge on any atom is 0.263 e. The normalized spacial score (nSPS) is 14.8. The Morgan fingerprint density at radius 3 is 2.67 bits per heavy atom. The van der Waals surface area contributed by atoms with Gasteiger partial charge in [0.05, 0.1) is 5.69 Å². The van der Waals surface area contributed by atoms with Gasteiger partial charge in [0.25, 0.3) is 5.91 Å². The molecule has 5 heteroatoms. The minimum atomic E-state index is -0.932. The van der Waals surface area contributed by atoms with Crippen molar-refractivity contribution >= 4 is 5.91 Å². The lowest BCUT2D eigenvalue weighted by Gasteiger charge is -2.23. The van der Waals surface area contributed by atoms with Crippen molar-refractivity contribution in [2.75, 3.05) is 0 Å². The molecule has 21 heavy (non-hydrogen) atoms. The topological polar surface area (TPSA) is 56.2 Å². The molecule has 0 unspecified atom stereocenters. The average Bonchev–Trinajstić information content (AvgIpc) is 3.16. The third-order valence-electron chi connectivity index (χ3n) is 3.40. The lowest BCUT2D eigenvalue weighted by molar-refractivity contribution is -0.134. The molecule has 1 fully saturated rings. The first kappa shape index (κ1) is 13.7. The lowest BCUT2D eigenvalue weighted by atomic mass is 10.1. The summed E-state index contributed by atoms with van der Waals surface area (Å²) >= 11 is 0. The van der Waals surface area contributed by atoms with Gasteiger partial charge in [0.2, 0.25) is 5.88 Å². The van der Waals surface area contributed by atoms with Gasteiger partial charge in [0.1, 0.15) is 0 Å². The van der Waals surface area contributed by atoms with E-state index in [1.807, 2.05) is 36.5 Å². The number of ether oxygens (including phenoxy) is 1. The molecule has 1 aliphatic rings. The number of para-hydroxylation sites is 1. The van der Waals surface area contributed by atoms with Crippen LogP contribution in [0.2, 0.25) is 0 Å². The minimum absolute atomic E-state index is 0.0979. The quantitative estimate of drug-likeness (QED) is 0.917. The number of rotatable bonds is 5. The molecule has 0 bridgehead atoms. The molecule has 1 saturated carbocycles. The second-order valence-corrected chi connectivity index (χ2v) is 5.79. The fraction of sp³-hybridized carbons (Fsp3) is 0.375. The van der Waals surface area contributed by atoms with E-state index in [-0.39, 0.29) is 5.91 Å². The van der Waals surface area contributed by atoms with Gasteiger partial charge in [0.15, 0.2) is 5.60 Å². The summed E-state index contributed by atoms with van der Waals surface area (Å²) in [5.74, 6) is 0.342. The zero-order valence-electron chi connectivity index (χ0n) is 12.2. The van der Waals surface area contributed by atoms with E-state index in [2.05, 4.69) is 10.4 Å². The molecule has 1 heterocycles. The van der Waals surface area contributed by atoms with E-state index in [4.69, 9.17) is 4.74 Å². The summed E-state index contributed by atoms with van der Waals surface area (Å²) in [6, 6.07) is 11.9. The van der Waals surface area contributed by atoms with Crippen LogP contribution in [0.5, 0.6) is 5.88 Å². The standard InChI is InChI=1S/C16H19N3O2/c1-16(2,15(20)17-12-8-9-12)21-14-10-11-19(18-14)13-6-4-3-5-7-13/h3-7,10-12H,8-9H2,1-2H3,(H,17,20). The number of benzene rings is 1. The third-order valence-corrected chi connectivity index (χ3v) is 3.40. The molecule has 0 atom stereocenters. The fourth-order valence-electron chi connectivity index (χ4n) is 1.98. The zero-order valence-corrected chi connectivity index (χ0v) is 12.2.